The zero-order chi connectivity index (χ0) is 8.97. The minimum atomic E-state index is 0.213. The predicted octanol–water partition coefficient (Wildman–Crippen LogP) is 1.82. The lowest BCUT2D eigenvalue weighted by Crippen LogP contribution is -2.13. The van der Waals surface area contributed by atoms with Gasteiger partial charge < -0.3 is 5.11 Å². The van der Waals surface area contributed by atoms with Crippen LogP contribution in [-0.2, 0) is 4.79 Å². The molecule has 0 spiro atoms. The molecule has 0 aromatic carbocycles. The molecular formula is C9H16O2S. The van der Waals surface area contributed by atoms with E-state index in [4.69, 9.17) is 5.11 Å². The number of hydrogen-bond donors (Lipinski definition) is 1. The maximum atomic E-state index is 10.8. The molecule has 0 aromatic rings. The lowest BCUT2D eigenvalue weighted by molar-refractivity contribution is -0.109. The highest BCUT2D eigenvalue weighted by Crippen LogP contribution is 2.36. The number of thioether (sulfide) groups is 1. The van der Waals surface area contributed by atoms with Gasteiger partial charge in [-0.1, -0.05) is 18.2 Å². The summed E-state index contributed by atoms with van der Waals surface area (Å²) in [5.41, 5.74) is 0. The van der Waals surface area contributed by atoms with Crippen LogP contribution in [0.1, 0.15) is 32.6 Å². The van der Waals surface area contributed by atoms with Gasteiger partial charge in [0.25, 0.3) is 0 Å². The summed E-state index contributed by atoms with van der Waals surface area (Å²) in [5, 5.41) is 9.48. The van der Waals surface area contributed by atoms with Crippen LogP contribution in [0.4, 0.5) is 0 Å². The van der Waals surface area contributed by atoms with Crippen LogP contribution in [-0.4, -0.2) is 22.1 Å². The van der Waals surface area contributed by atoms with Crippen LogP contribution in [0.25, 0.3) is 0 Å². The zero-order valence-electron chi connectivity index (χ0n) is 7.45. The Morgan fingerprint density at radius 3 is 2.92 bits per heavy atom. The molecule has 70 valence electrons. The van der Waals surface area contributed by atoms with Crippen LogP contribution < -0.4 is 0 Å². The molecule has 2 unspecified atom stereocenters. The largest absolute Gasteiger partial charge is 0.396 e. The van der Waals surface area contributed by atoms with Crippen molar-refractivity contribution in [2.45, 2.75) is 37.9 Å². The molecule has 0 bridgehead atoms. The third kappa shape index (κ3) is 2.79. The first-order valence-electron chi connectivity index (χ1n) is 4.52. The number of rotatable bonds is 3. The summed E-state index contributed by atoms with van der Waals surface area (Å²) < 4.78 is 0. The van der Waals surface area contributed by atoms with E-state index in [0.29, 0.717) is 11.2 Å². The van der Waals surface area contributed by atoms with Crippen LogP contribution >= 0.6 is 11.8 Å². The van der Waals surface area contributed by atoms with E-state index in [1.54, 1.807) is 6.92 Å². The Morgan fingerprint density at radius 1 is 1.58 bits per heavy atom. The molecule has 3 heteroatoms. The van der Waals surface area contributed by atoms with Crippen molar-refractivity contribution in [3.05, 3.63) is 0 Å². The van der Waals surface area contributed by atoms with Gasteiger partial charge in [0, 0.05) is 18.8 Å². The minimum Gasteiger partial charge on any atom is -0.396 e. The Bertz CT molecular complexity index is 159. The van der Waals surface area contributed by atoms with Crippen LogP contribution in [0.2, 0.25) is 0 Å². The Balaban J connectivity index is 2.35. The molecule has 1 saturated carbocycles. The van der Waals surface area contributed by atoms with Crippen molar-refractivity contribution in [2.75, 3.05) is 6.61 Å². The van der Waals surface area contributed by atoms with Gasteiger partial charge in [-0.25, -0.2) is 0 Å². The molecule has 1 fully saturated rings. The highest BCUT2D eigenvalue weighted by Gasteiger charge is 2.27. The quantitative estimate of drug-likeness (QED) is 0.734. The molecule has 2 nitrogen and oxygen atoms in total. The summed E-state index contributed by atoms with van der Waals surface area (Å²) in [7, 11) is 0. The van der Waals surface area contributed by atoms with Crippen molar-refractivity contribution in [2.24, 2.45) is 5.92 Å². The van der Waals surface area contributed by atoms with E-state index in [-0.39, 0.29) is 11.7 Å². The normalized spacial score (nSPS) is 29.2. The van der Waals surface area contributed by atoms with Gasteiger partial charge in [0.05, 0.1) is 0 Å². The second kappa shape index (κ2) is 4.87. The van der Waals surface area contributed by atoms with E-state index in [9.17, 15) is 4.79 Å². The van der Waals surface area contributed by atoms with E-state index in [0.717, 1.165) is 12.8 Å². The molecule has 0 amide bonds. The fourth-order valence-electron chi connectivity index (χ4n) is 1.87. The molecule has 0 aromatic heterocycles. The number of aliphatic hydroxyl groups is 1. The molecule has 1 aliphatic carbocycles. The van der Waals surface area contributed by atoms with Gasteiger partial charge in [-0.05, 0) is 25.2 Å². The SMILES string of the molecule is CC(=O)SC1CCCC1CCO. The second-order valence-corrected chi connectivity index (χ2v) is 4.77. The third-order valence-corrected chi connectivity index (χ3v) is 3.66. The minimum absolute atomic E-state index is 0.213. The monoisotopic (exact) mass is 188 g/mol. The molecule has 1 aliphatic rings. The number of carbonyl (C=O) groups is 1. The van der Waals surface area contributed by atoms with Gasteiger partial charge >= 0.3 is 0 Å². The summed E-state index contributed by atoms with van der Waals surface area (Å²) >= 11 is 1.46. The lowest BCUT2D eigenvalue weighted by Gasteiger charge is -2.15. The van der Waals surface area contributed by atoms with E-state index >= 15 is 0 Å². The fourth-order valence-corrected chi connectivity index (χ4v) is 3.04. The Morgan fingerprint density at radius 2 is 2.33 bits per heavy atom. The summed E-state index contributed by atoms with van der Waals surface area (Å²) in [6, 6.07) is 0. The Kier molecular flexibility index (Phi) is 4.09. The Hall–Kier alpha value is -0.0200. The molecule has 12 heavy (non-hydrogen) atoms. The van der Waals surface area contributed by atoms with E-state index < -0.39 is 0 Å². The second-order valence-electron chi connectivity index (χ2n) is 3.35. The van der Waals surface area contributed by atoms with Crippen molar-refractivity contribution in [3.8, 4) is 0 Å². The van der Waals surface area contributed by atoms with Crippen molar-refractivity contribution in [1.82, 2.24) is 0 Å². The molecule has 0 aliphatic heterocycles. The first-order chi connectivity index (χ1) is 5.74. The molecule has 1 N–H and O–H groups in total. The zero-order valence-corrected chi connectivity index (χ0v) is 8.27. The van der Waals surface area contributed by atoms with Crippen LogP contribution in [0.15, 0.2) is 0 Å². The predicted molar refractivity (Wildman–Crippen MR) is 51.1 cm³/mol. The maximum absolute atomic E-state index is 10.8. The van der Waals surface area contributed by atoms with Gasteiger partial charge in [0.15, 0.2) is 5.12 Å². The Labute approximate surface area is 77.7 Å². The summed E-state index contributed by atoms with van der Waals surface area (Å²) in [4.78, 5) is 10.8. The van der Waals surface area contributed by atoms with Crippen molar-refractivity contribution >= 4 is 16.9 Å². The van der Waals surface area contributed by atoms with Gasteiger partial charge in [-0.15, -0.1) is 0 Å². The average molecular weight is 188 g/mol. The van der Waals surface area contributed by atoms with Gasteiger partial charge in [0.2, 0.25) is 0 Å². The number of hydrogen-bond acceptors (Lipinski definition) is 3. The number of carbonyl (C=O) groups excluding carboxylic acids is 1. The maximum Gasteiger partial charge on any atom is 0.186 e. The molecule has 0 radical (unpaired) electrons. The molecular weight excluding hydrogens is 172 g/mol. The third-order valence-electron chi connectivity index (χ3n) is 2.41. The number of aliphatic hydroxyl groups excluding tert-OH is 1. The van der Waals surface area contributed by atoms with Gasteiger partial charge in [-0.3, -0.25) is 4.79 Å². The van der Waals surface area contributed by atoms with Crippen LogP contribution in [0.5, 0.6) is 0 Å². The van der Waals surface area contributed by atoms with E-state index in [2.05, 4.69) is 0 Å². The standard InChI is InChI=1S/C9H16O2S/c1-7(11)12-9-4-2-3-8(9)5-6-10/h8-10H,2-6H2,1H3. The molecule has 0 saturated heterocycles. The van der Waals surface area contributed by atoms with Crippen molar-refractivity contribution < 1.29 is 9.90 Å². The first-order valence-corrected chi connectivity index (χ1v) is 5.40. The highest BCUT2D eigenvalue weighted by atomic mass is 32.2. The summed E-state index contributed by atoms with van der Waals surface area (Å²) in [5.74, 6) is 0.573. The van der Waals surface area contributed by atoms with Crippen LogP contribution in [0, 0.1) is 5.92 Å². The average Bonchev–Trinajstić information content (AvgIpc) is 2.37. The van der Waals surface area contributed by atoms with Gasteiger partial charge in [0.1, 0.15) is 0 Å². The van der Waals surface area contributed by atoms with Gasteiger partial charge in [-0.2, -0.15) is 0 Å². The lowest BCUT2D eigenvalue weighted by atomic mass is 10.1. The van der Waals surface area contributed by atoms with E-state index in [1.165, 1.54) is 24.6 Å². The first kappa shape index (κ1) is 10.1. The fraction of sp³-hybridized carbons (Fsp3) is 0.889. The summed E-state index contributed by atoms with van der Waals surface area (Å²) in [6.45, 7) is 1.89. The highest BCUT2D eigenvalue weighted by molar-refractivity contribution is 8.14. The van der Waals surface area contributed by atoms with Crippen molar-refractivity contribution in [1.29, 1.82) is 0 Å². The molecule has 2 atom stereocenters. The topological polar surface area (TPSA) is 37.3 Å². The van der Waals surface area contributed by atoms with Crippen LogP contribution in [0.3, 0.4) is 0 Å². The van der Waals surface area contributed by atoms with Crippen molar-refractivity contribution in [3.63, 3.8) is 0 Å². The smallest absolute Gasteiger partial charge is 0.186 e. The van der Waals surface area contributed by atoms with E-state index in [1.807, 2.05) is 0 Å². The molecule has 1 rings (SSSR count). The summed E-state index contributed by atoms with van der Waals surface area (Å²) in [6.07, 6.45) is 4.42. The molecule has 0 heterocycles.